The van der Waals surface area contributed by atoms with E-state index in [4.69, 9.17) is 15.0 Å². The number of nitrogens with zero attached hydrogens (tertiary/aromatic N) is 4. The highest BCUT2D eigenvalue weighted by Crippen LogP contribution is 2.24. The van der Waals surface area contributed by atoms with Gasteiger partial charge in [0.25, 0.3) is 0 Å². The molecule has 1 N–H and O–H groups in total. The van der Waals surface area contributed by atoms with Crippen LogP contribution in [0.4, 0.5) is 8.78 Å². The van der Waals surface area contributed by atoms with Crippen LogP contribution in [0.5, 0.6) is 5.75 Å². The number of nitrogens with one attached hydrogen (secondary N) is 1. The number of rotatable bonds is 8. The lowest BCUT2D eigenvalue weighted by atomic mass is 10.1. The summed E-state index contributed by atoms with van der Waals surface area (Å²) in [6.07, 6.45) is 1.71. The fourth-order valence-electron chi connectivity index (χ4n) is 3.51. The molecule has 1 aliphatic heterocycles. The van der Waals surface area contributed by atoms with E-state index in [0.29, 0.717) is 12.1 Å². The fraction of sp³-hybridized carbons (Fsp3) is 0.292. The highest BCUT2D eigenvalue weighted by molar-refractivity contribution is 7.07. The molecule has 0 saturated carbocycles. The van der Waals surface area contributed by atoms with Crippen molar-refractivity contribution in [3.05, 3.63) is 69.8 Å². The summed E-state index contributed by atoms with van der Waals surface area (Å²) in [4.78, 5) is 6.99. The number of quaternary nitrogens is 1. The van der Waals surface area contributed by atoms with Crippen LogP contribution in [0.25, 0.3) is 11.3 Å². The van der Waals surface area contributed by atoms with E-state index >= 15 is 0 Å². The van der Waals surface area contributed by atoms with Crippen LogP contribution in [0.3, 0.4) is 0 Å². The Morgan fingerprint density at radius 2 is 1.88 bits per heavy atom. The zero-order valence-corrected chi connectivity index (χ0v) is 19.2. The first-order chi connectivity index (χ1) is 16.6. The summed E-state index contributed by atoms with van der Waals surface area (Å²) in [7, 11) is 0. The molecule has 4 rings (SSSR count). The molecule has 0 amide bonds. The molecule has 1 saturated heterocycles. The van der Waals surface area contributed by atoms with E-state index in [9.17, 15) is 8.78 Å². The monoisotopic (exact) mass is 484 g/mol. The lowest BCUT2D eigenvalue weighted by Gasteiger charge is -2.22. The normalized spacial score (nSPS) is 15.2. The van der Waals surface area contributed by atoms with Crippen molar-refractivity contribution in [2.45, 2.75) is 6.61 Å². The molecule has 2 heterocycles. The molecule has 0 spiro atoms. The van der Waals surface area contributed by atoms with Gasteiger partial charge in [0.15, 0.2) is 0 Å². The minimum absolute atomic E-state index is 0.0972. The van der Waals surface area contributed by atoms with Gasteiger partial charge in [-0.05, 0) is 42.0 Å². The number of aromatic nitrogens is 1. The summed E-state index contributed by atoms with van der Waals surface area (Å²) in [6, 6.07) is 15.7. The molecule has 3 aromatic rings. The van der Waals surface area contributed by atoms with Crippen molar-refractivity contribution < 1.29 is 23.2 Å². The average Bonchev–Trinajstić information content (AvgIpc) is 3.26. The molecule has 7 nitrogen and oxygen atoms in total. The first-order valence-corrected chi connectivity index (χ1v) is 11.7. The lowest BCUT2D eigenvalue weighted by Crippen LogP contribution is -3.14. The van der Waals surface area contributed by atoms with Crippen LogP contribution in [0, 0.1) is 11.3 Å². The zero-order chi connectivity index (χ0) is 23.8. The zero-order valence-electron chi connectivity index (χ0n) is 18.4. The molecule has 0 aliphatic carbocycles. The molecule has 0 atom stereocenters. The van der Waals surface area contributed by atoms with Crippen molar-refractivity contribution in [1.82, 2.24) is 4.68 Å². The molecular weight excluding hydrogens is 460 g/mol. The Labute approximate surface area is 199 Å². The molecule has 0 bridgehead atoms. The number of hydrogen-bond donors (Lipinski definition) is 1. The predicted molar refractivity (Wildman–Crippen MR) is 125 cm³/mol. The maximum absolute atomic E-state index is 12.5. The summed E-state index contributed by atoms with van der Waals surface area (Å²) >= 11 is 1.47. The second-order valence-electron chi connectivity index (χ2n) is 7.59. The van der Waals surface area contributed by atoms with Gasteiger partial charge >= 0.3 is 6.61 Å². The van der Waals surface area contributed by atoms with Gasteiger partial charge in [0.2, 0.25) is 4.80 Å². The van der Waals surface area contributed by atoms with Crippen LogP contribution in [-0.4, -0.2) is 56.9 Å². The molecule has 2 aromatic carbocycles. The van der Waals surface area contributed by atoms with E-state index in [2.05, 4.69) is 15.9 Å². The Kier molecular flexibility index (Phi) is 8.14. The van der Waals surface area contributed by atoms with Gasteiger partial charge in [-0.15, -0.1) is 11.3 Å². The predicted octanol–water partition coefficient (Wildman–Crippen LogP) is 2.39. The Balaban J connectivity index is 1.61. The van der Waals surface area contributed by atoms with Gasteiger partial charge in [0.1, 0.15) is 18.8 Å². The number of alkyl halides is 2. The summed E-state index contributed by atoms with van der Waals surface area (Å²) in [5, 5.41) is 15.6. The van der Waals surface area contributed by atoms with E-state index in [-0.39, 0.29) is 5.75 Å². The summed E-state index contributed by atoms with van der Waals surface area (Å²) in [6.45, 7) is 2.22. The summed E-state index contributed by atoms with van der Waals surface area (Å²) in [5.41, 5.74) is 3.01. The third-order valence-electron chi connectivity index (χ3n) is 5.33. The van der Waals surface area contributed by atoms with Crippen molar-refractivity contribution in [2.24, 2.45) is 10.1 Å². The van der Waals surface area contributed by atoms with Crippen molar-refractivity contribution in [3.63, 3.8) is 0 Å². The first-order valence-electron chi connectivity index (χ1n) is 10.8. The number of benzene rings is 2. The molecule has 176 valence electrons. The van der Waals surface area contributed by atoms with Crippen molar-refractivity contribution in [2.75, 3.05) is 39.4 Å². The van der Waals surface area contributed by atoms with E-state index in [1.54, 1.807) is 35.2 Å². The lowest BCUT2D eigenvalue weighted by molar-refractivity contribution is -0.906. The van der Waals surface area contributed by atoms with E-state index in [1.807, 2.05) is 17.5 Å². The number of halogens is 2. The maximum atomic E-state index is 12.5. The van der Waals surface area contributed by atoms with Gasteiger partial charge in [0, 0.05) is 10.9 Å². The number of nitriles is 1. The van der Waals surface area contributed by atoms with Gasteiger partial charge in [-0.2, -0.15) is 19.1 Å². The number of hydrogen-bond acceptors (Lipinski definition) is 6. The van der Waals surface area contributed by atoms with Crippen LogP contribution in [0.15, 0.2) is 64.0 Å². The summed E-state index contributed by atoms with van der Waals surface area (Å²) < 4.78 is 36.6. The fourth-order valence-corrected chi connectivity index (χ4v) is 4.38. The minimum atomic E-state index is -2.87. The van der Waals surface area contributed by atoms with E-state index < -0.39 is 6.61 Å². The van der Waals surface area contributed by atoms with E-state index in [1.165, 1.54) is 28.4 Å². The van der Waals surface area contributed by atoms with Crippen molar-refractivity contribution in [1.29, 1.82) is 5.26 Å². The second-order valence-corrected chi connectivity index (χ2v) is 8.43. The summed E-state index contributed by atoms with van der Waals surface area (Å²) in [5.74, 6) is 0.0972. The van der Waals surface area contributed by atoms with Crippen molar-refractivity contribution in [3.8, 4) is 23.1 Å². The topological polar surface area (TPSA) is 76.3 Å². The van der Waals surface area contributed by atoms with Crippen LogP contribution >= 0.6 is 11.3 Å². The van der Waals surface area contributed by atoms with E-state index in [0.717, 1.165) is 54.5 Å². The number of morpholine rings is 1. The van der Waals surface area contributed by atoms with Gasteiger partial charge < -0.3 is 14.4 Å². The Morgan fingerprint density at radius 3 is 2.56 bits per heavy atom. The minimum Gasteiger partial charge on any atom is -0.435 e. The first kappa shape index (κ1) is 23.8. The van der Waals surface area contributed by atoms with Crippen molar-refractivity contribution >= 4 is 17.6 Å². The molecule has 0 unspecified atom stereocenters. The Morgan fingerprint density at radius 1 is 1.15 bits per heavy atom. The quantitative estimate of drug-likeness (QED) is 0.499. The average molecular weight is 485 g/mol. The third kappa shape index (κ3) is 6.35. The SMILES string of the molecule is N#Cc1ccc(C=Nn2c(-c3ccc(OC(F)F)cc3)csc2=NCC[NH+]2CCOCC2)cc1. The molecule has 1 fully saturated rings. The van der Waals surface area contributed by atoms with Gasteiger partial charge in [-0.25, -0.2) is 4.68 Å². The smallest absolute Gasteiger partial charge is 0.387 e. The van der Waals surface area contributed by atoms with Crippen LogP contribution in [0.1, 0.15) is 11.1 Å². The highest BCUT2D eigenvalue weighted by Gasteiger charge is 2.13. The second kappa shape index (κ2) is 11.7. The molecule has 10 heteroatoms. The van der Waals surface area contributed by atoms with Gasteiger partial charge in [-0.3, -0.25) is 4.99 Å². The largest absolute Gasteiger partial charge is 0.435 e. The molecule has 0 radical (unpaired) electrons. The standard InChI is InChI=1S/C24H23F2N5O2S/c25-23(26)33-21-7-5-20(6-8-21)22-17-34-24(28-9-10-30-11-13-32-14-12-30)31(22)29-16-19-3-1-18(15-27)2-4-19/h1-8,16-17,23H,9-14H2/p+1. The molecule has 34 heavy (non-hydrogen) atoms. The van der Waals surface area contributed by atoms with Gasteiger partial charge in [-0.1, -0.05) is 12.1 Å². The van der Waals surface area contributed by atoms with Crippen LogP contribution < -0.4 is 14.4 Å². The van der Waals surface area contributed by atoms with Crippen LogP contribution in [0.2, 0.25) is 0 Å². The molecular formula is C24H24F2N5O2S+. The highest BCUT2D eigenvalue weighted by atomic mass is 32.1. The number of ether oxygens (including phenoxy) is 2. The van der Waals surface area contributed by atoms with Crippen LogP contribution in [-0.2, 0) is 4.74 Å². The Hall–Kier alpha value is -3.39. The molecule has 1 aromatic heterocycles. The maximum Gasteiger partial charge on any atom is 0.387 e. The molecule has 1 aliphatic rings. The number of thiazole rings is 1. The Bertz CT molecular complexity index is 1210. The van der Waals surface area contributed by atoms with Gasteiger partial charge in [0.05, 0.1) is 49.8 Å². The third-order valence-corrected chi connectivity index (χ3v) is 6.19.